The standard InChI is InChI=1S/C8H8N2O2.C8H10N2O/c11-9-10-5-6-12-8-4-2-1-3-7(8)10;9-10-5-6-11-8-4-2-1-3-7(8)10/h1-4H,5-6H2;1-4H,5-6,9H2. The summed E-state index contributed by atoms with van der Waals surface area (Å²) in [6.07, 6.45) is 0. The Morgan fingerprint density at radius 3 is 2.09 bits per heavy atom. The van der Waals surface area contributed by atoms with Crippen molar-refractivity contribution in [2.45, 2.75) is 0 Å². The molecule has 2 aromatic rings. The van der Waals surface area contributed by atoms with Crippen molar-refractivity contribution in [3.63, 3.8) is 0 Å². The number of rotatable bonds is 1. The number of hydrogen-bond donors (Lipinski definition) is 1. The third-order valence-corrected chi connectivity index (χ3v) is 3.57. The zero-order valence-electron chi connectivity index (χ0n) is 12.6. The van der Waals surface area contributed by atoms with Crippen molar-refractivity contribution < 1.29 is 9.47 Å². The SMILES string of the molecule is NN1CCOc2ccccc21.O=NN1CCOc2ccccc21. The molecule has 0 spiro atoms. The summed E-state index contributed by atoms with van der Waals surface area (Å²) in [6.45, 7) is 2.48. The smallest absolute Gasteiger partial charge is 0.144 e. The molecule has 0 amide bonds. The number of nitrogens with two attached hydrogens (primary N) is 1. The lowest BCUT2D eigenvalue weighted by atomic mass is 10.2. The van der Waals surface area contributed by atoms with Gasteiger partial charge in [0.05, 0.1) is 24.1 Å². The van der Waals surface area contributed by atoms with E-state index in [1.807, 2.05) is 48.5 Å². The number of ether oxygens (including phenoxy) is 2. The summed E-state index contributed by atoms with van der Waals surface area (Å²) in [5, 5.41) is 6.00. The van der Waals surface area contributed by atoms with Crippen LogP contribution in [0.4, 0.5) is 11.4 Å². The van der Waals surface area contributed by atoms with Crippen molar-refractivity contribution in [1.82, 2.24) is 0 Å². The van der Waals surface area contributed by atoms with E-state index in [0.717, 1.165) is 29.4 Å². The number of nitrogens with zero attached hydrogens (tertiary/aromatic N) is 3. The van der Waals surface area contributed by atoms with E-state index in [9.17, 15) is 4.91 Å². The van der Waals surface area contributed by atoms with Gasteiger partial charge < -0.3 is 14.5 Å². The molecule has 0 saturated carbocycles. The molecular formula is C16H18N4O3. The molecule has 0 fully saturated rings. The summed E-state index contributed by atoms with van der Waals surface area (Å²) in [5.41, 5.74) is 1.72. The van der Waals surface area contributed by atoms with Crippen LogP contribution in [-0.4, -0.2) is 26.3 Å². The minimum Gasteiger partial charge on any atom is -0.489 e. The molecule has 0 saturated heterocycles. The van der Waals surface area contributed by atoms with Gasteiger partial charge in [-0.25, -0.2) is 10.9 Å². The molecule has 120 valence electrons. The van der Waals surface area contributed by atoms with Crippen LogP contribution in [0.3, 0.4) is 0 Å². The Balaban J connectivity index is 0.000000136. The molecule has 7 nitrogen and oxygen atoms in total. The van der Waals surface area contributed by atoms with Gasteiger partial charge in [0.2, 0.25) is 0 Å². The molecule has 0 aliphatic carbocycles. The zero-order chi connectivity index (χ0) is 16.1. The van der Waals surface area contributed by atoms with Gasteiger partial charge in [0.15, 0.2) is 0 Å². The van der Waals surface area contributed by atoms with Gasteiger partial charge in [-0.05, 0) is 24.3 Å². The number of nitroso groups, excluding NO2 is 1. The molecule has 2 aliphatic heterocycles. The normalized spacial score (nSPS) is 15.2. The molecule has 2 aromatic carbocycles. The van der Waals surface area contributed by atoms with Crippen LogP contribution in [0.2, 0.25) is 0 Å². The van der Waals surface area contributed by atoms with Gasteiger partial charge in [-0.15, -0.1) is 4.91 Å². The minimum atomic E-state index is 0.517. The molecule has 0 bridgehead atoms. The fourth-order valence-corrected chi connectivity index (χ4v) is 2.43. The Morgan fingerprint density at radius 1 is 0.870 bits per heavy atom. The number of hydrogen-bond acceptors (Lipinski definition) is 6. The number of fused-ring (bicyclic) bond motifs is 2. The van der Waals surface area contributed by atoms with E-state index in [1.165, 1.54) is 5.01 Å². The molecule has 2 N–H and O–H groups in total. The average Bonchev–Trinajstić information content (AvgIpc) is 2.62. The van der Waals surface area contributed by atoms with Crippen molar-refractivity contribution in [2.75, 3.05) is 36.3 Å². The lowest BCUT2D eigenvalue weighted by Crippen LogP contribution is -2.38. The fraction of sp³-hybridized carbons (Fsp3) is 0.250. The summed E-state index contributed by atoms with van der Waals surface area (Å²) >= 11 is 0. The van der Waals surface area contributed by atoms with Crippen LogP contribution >= 0.6 is 0 Å². The predicted molar refractivity (Wildman–Crippen MR) is 88.5 cm³/mol. The largest absolute Gasteiger partial charge is 0.489 e. The van der Waals surface area contributed by atoms with Crippen LogP contribution < -0.4 is 25.3 Å². The first-order valence-corrected chi connectivity index (χ1v) is 7.36. The summed E-state index contributed by atoms with van der Waals surface area (Å²) in [4.78, 5) is 10.3. The summed E-state index contributed by atoms with van der Waals surface area (Å²) in [7, 11) is 0. The Morgan fingerprint density at radius 2 is 1.43 bits per heavy atom. The van der Waals surface area contributed by atoms with Gasteiger partial charge in [0.1, 0.15) is 30.4 Å². The molecular weight excluding hydrogens is 296 g/mol. The highest BCUT2D eigenvalue weighted by molar-refractivity contribution is 5.59. The number of benzene rings is 2. The van der Waals surface area contributed by atoms with Gasteiger partial charge in [-0.3, -0.25) is 0 Å². The van der Waals surface area contributed by atoms with Gasteiger partial charge in [0.25, 0.3) is 0 Å². The Bertz CT molecular complexity index is 680. The first-order valence-electron chi connectivity index (χ1n) is 7.36. The maximum Gasteiger partial charge on any atom is 0.144 e. The highest BCUT2D eigenvalue weighted by Gasteiger charge is 2.17. The Labute approximate surface area is 134 Å². The average molecular weight is 314 g/mol. The summed E-state index contributed by atoms with van der Waals surface area (Å²) < 4.78 is 10.7. The second-order valence-electron chi connectivity index (χ2n) is 5.03. The number of hydrazine groups is 1. The van der Waals surface area contributed by atoms with Crippen molar-refractivity contribution in [3.8, 4) is 11.5 Å². The van der Waals surface area contributed by atoms with Crippen molar-refractivity contribution in [3.05, 3.63) is 53.4 Å². The molecule has 0 aromatic heterocycles. The van der Waals surface area contributed by atoms with Gasteiger partial charge in [-0.1, -0.05) is 24.3 Å². The second-order valence-corrected chi connectivity index (χ2v) is 5.03. The van der Waals surface area contributed by atoms with E-state index in [1.54, 1.807) is 5.01 Å². The van der Waals surface area contributed by atoms with Gasteiger partial charge >= 0.3 is 0 Å². The topological polar surface area (TPSA) is 80.4 Å². The zero-order valence-corrected chi connectivity index (χ0v) is 12.6. The van der Waals surface area contributed by atoms with E-state index in [0.29, 0.717) is 19.8 Å². The van der Waals surface area contributed by atoms with E-state index in [4.69, 9.17) is 15.3 Å². The third-order valence-electron chi connectivity index (χ3n) is 3.57. The quantitative estimate of drug-likeness (QED) is 0.643. The molecule has 7 heteroatoms. The molecule has 4 rings (SSSR count). The fourth-order valence-electron chi connectivity index (χ4n) is 2.43. The summed E-state index contributed by atoms with van der Waals surface area (Å²) in [6, 6.07) is 15.1. The maximum absolute atomic E-state index is 10.3. The first-order chi connectivity index (χ1) is 11.3. The van der Waals surface area contributed by atoms with Gasteiger partial charge in [-0.2, -0.15) is 0 Å². The third kappa shape index (κ3) is 3.35. The number of anilines is 2. The van der Waals surface area contributed by atoms with E-state index in [-0.39, 0.29) is 0 Å². The lowest BCUT2D eigenvalue weighted by Gasteiger charge is -2.26. The minimum absolute atomic E-state index is 0.517. The Kier molecular flexibility index (Phi) is 4.58. The highest BCUT2D eigenvalue weighted by Crippen LogP contribution is 2.30. The molecule has 2 aliphatic rings. The first kappa shape index (κ1) is 15.1. The molecule has 23 heavy (non-hydrogen) atoms. The maximum atomic E-state index is 10.3. The van der Waals surface area contributed by atoms with Crippen LogP contribution in [-0.2, 0) is 0 Å². The summed E-state index contributed by atoms with van der Waals surface area (Å²) in [5.74, 6) is 7.30. The van der Waals surface area contributed by atoms with Crippen LogP contribution in [0, 0.1) is 4.91 Å². The number of para-hydroxylation sites is 4. The highest BCUT2D eigenvalue weighted by atomic mass is 16.5. The van der Waals surface area contributed by atoms with E-state index in [2.05, 4.69) is 5.29 Å². The molecule has 0 atom stereocenters. The van der Waals surface area contributed by atoms with E-state index < -0.39 is 0 Å². The lowest BCUT2D eigenvalue weighted by molar-refractivity contribution is 0.308. The van der Waals surface area contributed by atoms with Crippen LogP contribution in [0.15, 0.2) is 53.8 Å². The van der Waals surface area contributed by atoms with E-state index >= 15 is 0 Å². The molecule has 2 heterocycles. The molecule has 0 radical (unpaired) electrons. The van der Waals surface area contributed by atoms with Crippen molar-refractivity contribution in [2.24, 2.45) is 11.1 Å². The van der Waals surface area contributed by atoms with Crippen LogP contribution in [0.5, 0.6) is 11.5 Å². The van der Waals surface area contributed by atoms with Crippen LogP contribution in [0.25, 0.3) is 0 Å². The Hall–Kier alpha value is -2.80. The second kappa shape index (κ2) is 6.97. The predicted octanol–water partition coefficient (Wildman–Crippen LogP) is 2.33. The van der Waals surface area contributed by atoms with Gasteiger partial charge in [0, 0.05) is 0 Å². The van der Waals surface area contributed by atoms with Crippen LogP contribution in [0.1, 0.15) is 0 Å². The monoisotopic (exact) mass is 314 g/mol. The van der Waals surface area contributed by atoms with Crippen molar-refractivity contribution >= 4 is 11.4 Å². The molecule has 0 unspecified atom stereocenters. The van der Waals surface area contributed by atoms with Crippen molar-refractivity contribution in [1.29, 1.82) is 0 Å².